The number of unbranched alkanes of at least 4 members (excludes halogenated alkanes) is 14. The Bertz CT molecular complexity index is 1530. The topological polar surface area (TPSA) is 149 Å². The van der Waals surface area contributed by atoms with Crippen LogP contribution in [0.25, 0.3) is 0 Å². The van der Waals surface area contributed by atoms with E-state index in [1.807, 2.05) is 19.1 Å². The first kappa shape index (κ1) is 63.3. The maximum atomic E-state index is 13.0. The molecule has 390 valence electrons. The third kappa shape index (κ3) is 37.8. The fraction of sp³-hybridized carbons (Fsp3) is 0.617. The van der Waals surface area contributed by atoms with Crippen LogP contribution in [0.3, 0.4) is 0 Å². The first-order valence-electron chi connectivity index (χ1n) is 26.9. The number of hydrogen-bond acceptors (Lipinski definition) is 8. The second-order valence-electron chi connectivity index (χ2n) is 17.9. The molecule has 0 bridgehead atoms. The number of amides is 1. The average molecular weight is 960 g/mol. The number of rotatable bonds is 43. The molecular weight excluding hydrogens is 863 g/mol. The number of allylic oxidation sites excluding steroid dienone is 21. The van der Waals surface area contributed by atoms with Gasteiger partial charge in [-0.25, -0.2) is 0 Å². The van der Waals surface area contributed by atoms with Gasteiger partial charge in [0.1, 0.15) is 24.4 Å². The molecule has 0 aromatic carbocycles. The number of aliphatic hydroxyl groups excluding tert-OH is 5. The Morgan fingerprint density at radius 2 is 0.928 bits per heavy atom. The second-order valence-corrected chi connectivity index (χ2v) is 17.9. The molecule has 9 heteroatoms. The van der Waals surface area contributed by atoms with Gasteiger partial charge in [0.05, 0.1) is 25.4 Å². The molecular formula is C60H97NO8. The minimum absolute atomic E-state index is 0.203. The van der Waals surface area contributed by atoms with Gasteiger partial charge in [0.2, 0.25) is 5.91 Å². The highest BCUT2D eigenvalue weighted by atomic mass is 16.7. The lowest BCUT2D eigenvalue weighted by Crippen LogP contribution is -2.60. The maximum Gasteiger partial charge on any atom is 0.220 e. The lowest BCUT2D eigenvalue weighted by atomic mass is 9.99. The first-order valence-corrected chi connectivity index (χ1v) is 26.9. The highest BCUT2D eigenvalue weighted by Crippen LogP contribution is 2.22. The van der Waals surface area contributed by atoms with Gasteiger partial charge in [-0.15, -0.1) is 0 Å². The van der Waals surface area contributed by atoms with Crippen molar-refractivity contribution in [1.82, 2.24) is 5.32 Å². The largest absolute Gasteiger partial charge is 0.394 e. The van der Waals surface area contributed by atoms with E-state index in [1.54, 1.807) is 6.08 Å². The van der Waals surface area contributed by atoms with Crippen LogP contribution < -0.4 is 5.32 Å². The molecule has 0 aromatic rings. The number of hydrogen-bond donors (Lipinski definition) is 6. The van der Waals surface area contributed by atoms with Crippen LogP contribution in [0.2, 0.25) is 0 Å². The summed E-state index contributed by atoms with van der Waals surface area (Å²) in [5, 5.41) is 54.1. The van der Waals surface area contributed by atoms with E-state index in [2.05, 4.69) is 128 Å². The molecule has 1 aliphatic heterocycles. The quantitative estimate of drug-likeness (QED) is 0.0261. The summed E-state index contributed by atoms with van der Waals surface area (Å²) < 4.78 is 11.2. The van der Waals surface area contributed by atoms with Gasteiger partial charge < -0.3 is 40.3 Å². The SMILES string of the molecule is C/C=C/CC/C=C/CC/C=C/C(O)C(COC1OC(CO)C(O)C(O)C1O)NC(=O)CCCCCCCCCCCCCC/C=C\C/C=C\C/C=C\C/C=C\C/C=C\C/C=C\C/C=C\C/C=C\CC. The fourth-order valence-corrected chi connectivity index (χ4v) is 7.56. The summed E-state index contributed by atoms with van der Waals surface area (Å²) in [6.45, 7) is 3.38. The molecule has 0 aliphatic carbocycles. The average Bonchev–Trinajstić information content (AvgIpc) is 3.35. The number of aliphatic hydroxyl groups is 5. The Morgan fingerprint density at radius 3 is 1.39 bits per heavy atom. The molecule has 1 amide bonds. The van der Waals surface area contributed by atoms with Crippen LogP contribution in [0, 0.1) is 0 Å². The Labute approximate surface area is 420 Å². The molecule has 7 atom stereocenters. The van der Waals surface area contributed by atoms with Gasteiger partial charge in [0.25, 0.3) is 0 Å². The zero-order valence-electron chi connectivity index (χ0n) is 43.0. The van der Waals surface area contributed by atoms with E-state index in [9.17, 15) is 30.3 Å². The van der Waals surface area contributed by atoms with E-state index >= 15 is 0 Å². The lowest BCUT2D eigenvalue weighted by Gasteiger charge is -2.40. The Hall–Kier alpha value is -3.67. The lowest BCUT2D eigenvalue weighted by molar-refractivity contribution is -0.302. The molecule has 1 fully saturated rings. The summed E-state index contributed by atoms with van der Waals surface area (Å²) in [5.41, 5.74) is 0. The van der Waals surface area contributed by atoms with Crippen molar-refractivity contribution < 1.29 is 39.8 Å². The Morgan fingerprint density at radius 1 is 0.522 bits per heavy atom. The highest BCUT2D eigenvalue weighted by Gasteiger charge is 2.44. The molecule has 6 N–H and O–H groups in total. The minimum atomic E-state index is -1.58. The monoisotopic (exact) mass is 960 g/mol. The van der Waals surface area contributed by atoms with E-state index in [0.717, 1.165) is 103 Å². The third-order valence-electron chi connectivity index (χ3n) is 11.8. The van der Waals surface area contributed by atoms with Crippen molar-refractivity contribution in [3.8, 4) is 0 Å². The molecule has 69 heavy (non-hydrogen) atoms. The van der Waals surface area contributed by atoms with Crippen molar-refractivity contribution >= 4 is 5.91 Å². The van der Waals surface area contributed by atoms with Crippen LogP contribution >= 0.6 is 0 Å². The van der Waals surface area contributed by atoms with Crippen molar-refractivity contribution in [1.29, 1.82) is 0 Å². The van der Waals surface area contributed by atoms with Gasteiger partial charge in [-0.2, -0.15) is 0 Å². The zero-order chi connectivity index (χ0) is 50.1. The molecule has 0 aromatic heterocycles. The van der Waals surface area contributed by atoms with E-state index in [4.69, 9.17) is 9.47 Å². The summed E-state index contributed by atoms with van der Waals surface area (Å²) in [5.74, 6) is -0.203. The van der Waals surface area contributed by atoms with Gasteiger partial charge in [0.15, 0.2) is 6.29 Å². The van der Waals surface area contributed by atoms with Crippen molar-refractivity contribution in [2.24, 2.45) is 0 Å². The summed E-state index contributed by atoms with van der Waals surface area (Å²) in [7, 11) is 0. The van der Waals surface area contributed by atoms with Gasteiger partial charge >= 0.3 is 0 Å². The Kier molecular flexibility index (Phi) is 44.0. The molecule has 0 saturated carbocycles. The number of nitrogens with one attached hydrogen (secondary N) is 1. The highest BCUT2D eigenvalue weighted by molar-refractivity contribution is 5.76. The summed E-state index contributed by atoms with van der Waals surface area (Å²) in [6.07, 6.45) is 67.0. The van der Waals surface area contributed by atoms with E-state index in [1.165, 1.54) is 57.8 Å². The zero-order valence-corrected chi connectivity index (χ0v) is 43.0. The van der Waals surface area contributed by atoms with E-state index in [0.29, 0.717) is 6.42 Å². The second kappa shape index (κ2) is 48.0. The predicted octanol–water partition coefficient (Wildman–Crippen LogP) is 12.9. The van der Waals surface area contributed by atoms with Gasteiger partial charge in [-0.05, 0) is 103 Å². The molecule has 1 heterocycles. The minimum Gasteiger partial charge on any atom is -0.394 e. The Balaban J connectivity index is 2.12. The first-order chi connectivity index (χ1) is 33.8. The maximum absolute atomic E-state index is 13.0. The summed E-state index contributed by atoms with van der Waals surface area (Å²) in [4.78, 5) is 13.0. The van der Waals surface area contributed by atoms with Crippen molar-refractivity contribution in [3.05, 3.63) is 134 Å². The molecule has 7 unspecified atom stereocenters. The standard InChI is InChI=1S/C60H97NO8/c1-3-5-7-9-11-13-14-15-16-17-18-19-20-21-22-23-24-25-26-27-28-29-30-31-32-33-34-35-36-37-38-39-40-42-44-46-48-50-56(64)61-53(54(63)49-47-45-43-41-12-10-8-6-4-2)52-68-60-59(67)58(66)57(65)55(51-62)69-60/h4-7,11-13,15-16,18-19,21-22,24-25,27-28,30-31,41,47,49,53-55,57-60,62-63,65-67H,3,8-10,14,17,20,23,26,29,32-40,42-46,48,50-52H2,1-2H3,(H,61,64)/b6-4+,7-5-,13-11-,16-15-,19-18-,22-21-,25-24-,28-27-,31-30-,41-12+,49-47+. The molecule has 0 radical (unpaired) electrons. The van der Waals surface area contributed by atoms with Crippen LogP contribution in [0.4, 0.5) is 0 Å². The molecule has 1 saturated heterocycles. The van der Waals surface area contributed by atoms with Crippen molar-refractivity contribution in [3.63, 3.8) is 0 Å². The molecule has 0 spiro atoms. The van der Waals surface area contributed by atoms with Gasteiger partial charge in [-0.3, -0.25) is 4.79 Å². The van der Waals surface area contributed by atoms with Crippen molar-refractivity contribution in [2.45, 2.75) is 224 Å². The van der Waals surface area contributed by atoms with Crippen LogP contribution in [0.15, 0.2) is 134 Å². The molecule has 9 nitrogen and oxygen atoms in total. The fourth-order valence-electron chi connectivity index (χ4n) is 7.56. The van der Waals surface area contributed by atoms with Crippen LogP contribution in [0.5, 0.6) is 0 Å². The van der Waals surface area contributed by atoms with Gasteiger partial charge in [0, 0.05) is 6.42 Å². The van der Waals surface area contributed by atoms with Crippen LogP contribution in [0.1, 0.15) is 181 Å². The molecule has 1 rings (SSSR count). The normalized spacial score (nSPS) is 20.6. The summed E-state index contributed by atoms with van der Waals surface area (Å²) in [6, 6.07) is -0.835. The number of carbonyl (C=O) groups excluding carboxylic acids is 1. The van der Waals surface area contributed by atoms with Crippen LogP contribution in [-0.2, 0) is 14.3 Å². The third-order valence-corrected chi connectivity index (χ3v) is 11.8. The van der Waals surface area contributed by atoms with E-state index in [-0.39, 0.29) is 12.5 Å². The van der Waals surface area contributed by atoms with Gasteiger partial charge in [-0.1, -0.05) is 205 Å². The summed E-state index contributed by atoms with van der Waals surface area (Å²) >= 11 is 0. The molecule has 1 aliphatic rings. The van der Waals surface area contributed by atoms with Crippen molar-refractivity contribution in [2.75, 3.05) is 13.2 Å². The number of ether oxygens (including phenoxy) is 2. The smallest absolute Gasteiger partial charge is 0.220 e. The van der Waals surface area contributed by atoms with Crippen LogP contribution in [-0.4, -0.2) is 87.5 Å². The van der Waals surface area contributed by atoms with E-state index < -0.39 is 49.5 Å². The number of carbonyl (C=O) groups is 1. The predicted molar refractivity (Wildman–Crippen MR) is 290 cm³/mol.